The number of ether oxygens (including phenoxy) is 1. The maximum atomic E-state index is 11.3. The van der Waals surface area contributed by atoms with Crippen molar-refractivity contribution in [3.8, 4) is 5.88 Å². The molecule has 0 atom stereocenters. The lowest BCUT2D eigenvalue weighted by Crippen LogP contribution is -2.05. The Labute approximate surface area is 114 Å². The zero-order valence-electron chi connectivity index (χ0n) is 10.4. The molecule has 0 saturated carbocycles. The molecule has 0 spiro atoms. The minimum absolute atomic E-state index is 0.0373. The van der Waals surface area contributed by atoms with Crippen LogP contribution < -0.4 is 4.74 Å². The third-order valence-electron chi connectivity index (χ3n) is 2.85. The summed E-state index contributed by atoms with van der Waals surface area (Å²) in [6.45, 7) is 0.138. The van der Waals surface area contributed by atoms with E-state index in [1.165, 1.54) is 6.26 Å². The van der Waals surface area contributed by atoms with Crippen molar-refractivity contribution in [3.63, 3.8) is 0 Å². The van der Waals surface area contributed by atoms with Crippen molar-refractivity contribution in [3.05, 3.63) is 60.1 Å². The number of fused-ring (bicyclic) bond motifs is 1. The fourth-order valence-electron chi connectivity index (χ4n) is 1.90. The van der Waals surface area contributed by atoms with Crippen molar-refractivity contribution < 1.29 is 19.1 Å². The summed E-state index contributed by atoms with van der Waals surface area (Å²) in [5.41, 5.74) is 0.724. The Bertz CT molecular complexity index is 750. The second kappa shape index (κ2) is 5.05. The Morgan fingerprint density at radius 1 is 1.25 bits per heavy atom. The van der Waals surface area contributed by atoms with Crippen LogP contribution in [0.15, 0.2) is 53.1 Å². The van der Waals surface area contributed by atoms with Gasteiger partial charge < -0.3 is 14.3 Å². The third-order valence-corrected chi connectivity index (χ3v) is 2.85. The molecule has 2 heterocycles. The van der Waals surface area contributed by atoms with E-state index in [4.69, 9.17) is 9.15 Å². The van der Waals surface area contributed by atoms with E-state index in [2.05, 4.69) is 4.98 Å². The molecule has 1 N–H and O–H groups in total. The fourth-order valence-corrected chi connectivity index (χ4v) is 1.90. The normalized spacial score (nSPS) is 10.6. The number of aromatic carboxylic acids is 1. The first-order valence-corrected chi connectivity index (χ1v) is 6.02. The summed E-state index contributed by atoms with van der Waals surface area (Å²) in [6, 6.07) is 12.3. The molecule has 20 heavy (non-hydrogen) atoms. The number of nitrogens with zero attached hydrogens (tertiary/aromatic N) is 1. The van der Waals surface area contributed by atoms with Crippen LogP contribution in [0.1, 0.15) is 16.1 Å². The monoisotopic (exact) mass is 269 g/mol. The Morgan fingerprint density at radius 2 is 2.10 bits per heavy atom. The number of carbonyl (C=O) groups is 1. The smallest absolute Gasteiger partial charge is 0.341 e. The maximum Gasteiger partial charge on any atom is 0.341 e. The molecule has 5 nitrogen and oxygen atoms in total. The molecule has 100 valence electrons. The maximum absolute atomic E-state index is 11.3. The zero-order chi connectivity index (χ0) is 13.9. The van der Waals surface area contributed by atoms with Gasteiger partial charge in [0.05, 0.1) is 11.8 Å². The molecule has 0 unspecified atom stereocenters. The van der Waals surface area contributed by atoms with Gasteiger partial charge in [-0.1, -0.05) is 18.2 Å². The number of hydrogen-bond acceptors (Lipinski definition) is 4. The second-order valence-electron chi connectivity index (χ2n) is 4.21. The predicted octanol–water partition coefficient (Wildman–Crippen LogP) is 3.11. The van der Waals surface area contributed by atoms with E-state index < -0.39 is 5.97 Å². The van der Waals surface area contributed by atoms with Gasteiger partial charge in [0.25, 0.3) is 0 Å². The van der Waals surface area contributed by atoms with Crippen molar-refractivity contribution in [1.29, 1.82) is 0 Å². The molecule has 0 bridgehead atoms. The van der Waals surface area contributed by atoms with E-state index in [1.807, 2.05) is 18.2 Å². The van der Waals surface area contributed by atoms with Crippen LogP contribution in [0.3, 0.4) is 0 Å². The molecular weight excluding hydrogens is 258 g/mol. The average molecular weight is 269 g/mol. The molecule has 1 aromatic carbocycles. The van der Waals surface area contributed by atoms with Crippen LogP contribution in [0.4, 0.5) is 0 Å². The fraction of sp³-hybridized carbons (Fsp3) is 0.0667. The van der Waals surface area contributed by atoms with Crippen molar-refractivity contribution >= 4 is 16.9 Å². The van der Waals surface area contributed by atoms with Crippen LogP contribution in [-0.2, 0) is 6.61 Å². The molecule has 0 amide bonds. The first-order chi connectivity index (χ1) is 9.74. The molecule has 0 aliphatic carbocycles. The second-order valence-corrected chi connectivity index (χ2v) is 4.21. The van der Waals surface area contributed by atoms with Crippen LogP contribution in [0.5, 0.6) is 5.88 Å². The molecule has 0 radical (unpaired) electrons. The number of carboxylic acid groups (broad SMARTS) is 1. The largest absolute Gasteiger partial charge is 0.477 e. The molecule has 0 fully saturated rings. The Morgan fingerprint density at radius 3 is 2.85 bits per heavy atom. The molecule has 2 aromatic heterocycles. The minimum atomic E-state index is -1.07. The molecule has 0 saturated heterocycles. The topological polar surface area (TPSA) is 72.6 Å². The number of furan rings is 1. The van der Waals surface area contributed by atoms with E-state index in [-0.39, 0.29) is 18.1 Å². The van der Waals surface area contributed by atoms with Crippen LogP contribution in [-0.4, -0.2) is 16.1 Å². The number of rotatable bonds is 4. The van der Waals surface area contributed by atoms with Gasteiger partial charge >= 0.3 is 5.97 Å². The van der Waals surface area contributed by atoms with Gasteiger partial charge in [0.2, 0.25) is 5.88 Å². The standard InChI is InChI=1S/C15H11NO4/c17-15(18)12-8-10-4-1-2-6-13(10)16-14(12)20-9-11-5-3-7-19-11/h1-8H,9H2,(H,17,18). The summed E-state index contributed by atoms with van der Waals surface area (Å²) < 4.78 is 10.6. The first-order valence-electron chi connectivity index (χ1n) is 6.02. The lowest BCUT2D eigenvalue weighted by molar-refractivity contribution is 0.0690. The molecular formula is C15H11NO4. The Kier molecular flexibility index (Phi) is 3.09. The van der Waals surface area contributed by atoms with Crippen molar-refractivity contribution in [1.82, 2.24) is 4.98 Å². The van der Waals surface area contributed by atoms with E-state index in [0.717, 1.165) is 5.39 Å². The highest BCUT2D eigenvalue weighted by atomic mass is 16.5. The van der Waals surface area contributed by atoms with Gasteiger partial charge in [-0.15, -0.1) is 0 Å². The number of aromatic nitrogens is 1. The highest BCUT2D eigenvalue weighted by molar-refractivity contribution is 5.95. The lowest BCUT2D eigenvalue weighted by atomic mass is 10.1. The molecule has 3 aromatic rings. The van der Waals surface area contributed by atoms with Gasteiger partial charge in [-0.05, 0) is 24.3 Å². The van der Waals surface area contributed by atoms with Gasteiger partial charge in [-0.25, -0.2) is 9.78 Å². The summed E-state index contributed by atoms with van der Waals surface area (Å²) in [7, 11) is 0. The van der Waals surface area contributed by atoms with Gasteiger partial charge in [0.15, 0.2) is 0 Å². The highest BCUT2D eigenvalue weighted by Crippen LogP contribution is 2.23. The highest BCUT2D eigenvalue weighted by Gasteiger charge is 2.15. The van der Waals surface area contributed by atoms with Crippen molar-refractivity contribution in [2.24, 2.45) is 0 Å². The van der Waals surface area contributed by atoms with Crippen LogP contribution in [0, 0.1) is 0 Å². The Balaban J connectivity index is 1.98. The molecule has 3 rings (SSSR count). The molecule has 0 aliphatic heterocycles. The summed E-state index contributed by atoms with van der Waals surface area (Å²) >= 11 is 0. The quantitative estimate of drug-likeness (QED) is 0.787. The summed E-state index contributed by atoms with van der Waals surface area (Å²) in [5, 5.41) is 10.00. The van der Waals surface area contributed by atoms with E-state index >= 15 is 0 Å². The number of pyridine rings is 1. The number of benzene rings is 1. The van der Waals surface area contributed by atoms with Gasteiger partial charge in [-0.2, -0.15) is 0 Å². The van der Waals surface area contributed by atoms with Crippen molar-refractivity contribution in [2.45, 2.75) is 6.61 Å². The SMILES string of the molecule is O=C(O)c1cc2ccccc2nc1OCc1ccco1. The van der Waals surface area contributed by atoms with Crippen LogP contribution in [0.25, 0.3) is 10.9 Å². The summed E-state index contributed by atoms with van der Waals surface area (Å²) in [4.78, 5) is 15.5. The lowest BCUT2D eigenvalue weighted by Gasteiger charge is -2.08. The van der Waals surface area contributed by atoms with Gasteiger partial charge in [-0.3, -0.25) is 0 Å². The predicted molar refractivity (Wildman–Crippen MR) is 71.7 cm³/mol. The number of carboxylic acids is 1. The third kappa shape index (κ3) is 2.33. The molecule has 0 aliphatic rings. The van der Waals surface area contributed by atoms with Gasteiger partial charge in [0, 0.05) is 5.39 Å². The Hall–Kier alpha value is -2.82. The van der Waals surface area contributed by atoms with E-state index in [9.17, 15) is 9.90 Å². The van der Waals surface area contributed by atoms with Crippen LogP contribution >= 0.6 is 0 Å². The number of para-hydroxylation sites is 1. The van der Waals surface area contributed by atoms with E-state index in [0.29, 0.717) is 11.3 Å². The van der Waals surface area contributed by atoms with Gasteiger partial charge in [0.1, 0.15) is 17.9 Å². The zero-order valence-corrected chi connectivity index (χ0v) is 10.4. The van der Waals surface area contributed by atoms with Crippen molar-refractivity contribution in [2.75, 3.05) is 0 Å². The first kappa shape index (κ1) is 12.2. The minimum Gasteiger partial charge on any atom is -0.477 e. The van der Waals surface area contributed by atoms with Crippen LogP contribution in [0.2, 0.25) is 0 Å². The summed E-state index contributed by atoms with van der Waals surface area (Å²) in [6.07, 6.45) is 1.53. The summed E-state index contributed by atoms with van der Waals surface area (Å²) in [5.74, 6) is -0.374. The van der Waals surface area contributed by atoms with E-state index in [1.54, 1.807) is 24.3 Å². The average Bonchev–Trinajstić information content (AvgIpc) is 2.97. The number of hydrogen-bond donors (Lipinski definition) is 1. The molecule has 5 heteroatoms.